The Hall–Kier alpha value is 1.12. The van der Waals surface area contributed by atoms with Gasteiger partial charge in [-0.05, 0) is 0 Å². The van der Waals surface area contributed by atoms with Crippen LogP contribution in [0, 0.1) is 7.43 Å². The summed E-state index contributed by atoms with van der Waals surface area (Å²) in [6.07, 6.45) is 0. The Labute approximate surface area is 50.1 Å². The van der Waals surface area contributed by atoms with Crippen molar-refractivity contribution in [1.29, 1.82) is 0 Å². The van der Waals surface area contributed by atoms with E-state index in [1.165, 1.54) is 0 Å². The van der Waals surface area contributed by atoms with Crippen LogP contribution >= 0.6 is 0 Å². The molecule has 0 N–H and O–H groups in total. The predicted molar refractivity (Wildman–Crippen MR) is 17.3 cm³/mol. The van der Waals surface area contributed by atoms with Crippen LogP contribution in [-0.2, 0) is 0 Å². The molecule has 0 aromatic heterocycles. The third kappa shape index (κ3) is 11.2. The smallest absolute Gasteiger partial charge is 0 e. The van der Waals surface area contributed by atoms with Gasteiger partial charge in [0.2, 0.25) is 0 Å². The third-order valence-electron chi connectivity index (χ3n) is 0. The molecule has 0 aliphatic rings. The fourth-order valence-electron chi connectivity index (χ4n) is 0. The maximum atomic E-state index is 0. The average molecular weight is 45.9 g/mol. The van der Waals surface area contributed by atoms with Crippen LogP contribution in [0.4, 0.5) is 4.70 Å². The Balaban J connectivity index is 0. The molecule has 0 saturated heterocycles. The summed E-state index contributed by atoms with van der Waals surface area (Å²) >= 11 is 0. The van der Waals surface area contributed by atoms with E-state index < -0.39 is 0 Å². The van der Waals surface area contributed by atoms with E-state index in [1.807, 2.05) is 0 Å². The van der Waals surface area contributed by atoms with E-state index in [1.54, 1.807) is 0 Å². The van der Waals surface area contributed by atoms with Crippen LogP contribution in [0.1, 0.15) is 0 Å². The number of hydrogen-bond donors (Lipinski definition) is 0. The van der Waals surface area contributed by atoms with Crippen LogP contribution in [0.25, 0.3) is 0 Å². The average Bonchev–Trinajstić information content (AvgIpc) is 0. The van der Waals surface area contributed by atoms with Gasteiger partial charge in [-0.2, -0.15) is 0 Å². The minimum atomic E-state index is 0. The third-order valence-corrected chi connectivity index (χ3v) is 0. The van der Waals surface area contributed by atoms with E-state index in [4.69, 9.17) is 0 Å². The van der Waals surface area contributed by atoms with Crippen molar-refractivity contribution in [1.82, 2.24) is 0 Å². The van der Waals surface area contributed by atoms with Crippen LogP contribution in [-0.4, -0.2) is 37.7 Å². The molecule has 0 atom stereocenters. The largest absolute Gasteiger partial charge is 0.269 e. The minimum absolute atomic E-state index is 0. The van der Waals surface area contributed by atoms with Gasteiger partial charge >= 0.3 is 0 Å². The quantitative estimate of drug-likeness (QED) is 0.322. The predicted octanol–water partition coefficient (Wildman–Crippen LogP) is -0.528. The zero-order chi connectivity index (χ0) is 0. The van der Waals surface area contributed by atoms with Crippen molar-refractivity contribution >= 4 is 37.7 Å². The van der Waals surface area contributed by atoms with E-state index in [2.05, 4.69) is 0 Å². The van der Waals surface area contributed by atoms with Gasteiger partial charge in [-0.1, -0.05) is 0 Å². The van der Waals surface area contributed by atoms with E-state index in [-0.39, 0.29) is 49.9 Å². The monoisotopic (exact) mass is 46.0 g/mol. The summed E-state index contributed by atoms with van der Waals surface area (Å²) < 4.78 is 0. The van der Waals surface area contributed by atoms with Crippen molar-refractivity contribution in [3.63, 3.8) is 0 Å². The standard InChI is InChI=1S/C.FH.2Li/h;1H;;. The van der Waals surface area contributed by atoms with Crippen LogP contribution in [0.2, 0.25) is 0 Å². The summed E-state index contributed by atoms with van der Waals surface area (Å²) in [5.41, 5.74) is 0. The Kier molecular flexibility index (Phi) is 548. The Morgan fingerprint density at radius 1 is 0.750 bits per heavy atom. The van der Waals surface area contributed by atoms with Crippen molar-refractivity contribution < 1.29 is 4.70 Å². The van der Waals surface area contributed by atoms with Crippen molar-refractivity contribution in [2.24, 2.45) is 0 Å². The van der Waals surface area contributed by atoms with Gasteiger partial charge in [0.15, 0.2) is 0 Å². The minimum Gasteiger partial charge on any atom is -0.269 e. The first-order valence-electron chi connectivity index (χ1n) is 0. The Morgan fingerprint density at radius 2 is 0.750 bits per heavy atom. The van der Waals surface area contributed by atoms with Gasteiger partial charge in [0.25, 0.3) is 0 Å². The molecule has 0 fully saturated rings. The topological polar surface area (TPSA) is 0 Å². The number of halogens is 1. The first-order valence-corrected chi connectivity index (χ1v) is 0. The summed E-state index contributed by atoms with van der Waals surface area (Å²) in [4.78, 5) is 0. The molecule has 0 saturated carbocycles. The van der Waals surface area contributed by atoms with Crippen molar-refractivity contribution in [2.45, 2.75) is 0 Å². The van der Waals surface area contributed by atoms with Gasteiger partial charge in [0.1, 0.15) is 0 Å². The Morgan fingerprint density at radius 3 is 0.750 bits per heavy atom. The molecule has 0 aromatic carbocycles. The van der Waals surface area contributed by atoms with E-state index in [0.717, 1.165) is 0 Å². The van der Waals surface area contributed by atoms with Crippen molar-refractivity contribution in [3.05, 3.63) is 7.43 Å². The molecule has 0 aliphatic heterocycles. The molecule has 4 heavy (non-hydrogen) atoms. The second-order valence-electron chi connectivity index (χ2n) is 0. The zero-order valence-corrected chi connectivity index (χ0v) is 2.91. The van der Waals surface area contributed by atoms with Crippen molar-refractivity contribution in [2.75, 3.05) is 0 Å². The van der Waals surface area contributed by atoms with Crippen LogP contribution in [0.15, 0.2) is 0 Å². The first-order chi connectivity index (χ1) is 0. The molecule has 14 valence electrons. The summed E-state index contributed by atoms with van der Waals surface area (Å²) in [6.45, 7) is 0. The normalized spacial score (nSPS) is 0. The summed E-state index contributed by atoms with van der Waals surface area (Å²) in [5, 5.41) is 0. The molecule has 3 heteroatoms. The second-order valence-corrected chi connectivity index (χ2v) is 0. The molecule has 0 spiro atoms. The maximum Gasteiger partial charge on any atom is 0 e. The first kappa shape index (κ1) is 68.9. The zero-order valence-electron chi connectivity index (χ0n) is 2.91. The van der Waals surface area contributed by atoms with Gasteiger partial charge in [-0.15, -0.1) is 0 Å². The molecule has 0 rings (SSSR count). The van der Waals surface area contributed by atoms with Gasteiger partial charge in [0.05, 0.1) is 0 Å². The molecule has 0 bridgehead atoms. The van der Waals surface area contributed by atoms with E-state index in [0.29, 0.717) is 0 Å². The van der Waals surface area contributed by atoms with Crippen LogP contribution < -0.4 is 0 Å². The molecule has 0 amide bonds. The van der Waals surface area contributed by atoms with Gasteiger partial charge in [-0.25, -0.2) is 0 Å². The summed E-state index contributed by atoms with van der Waals surface area (Å²) in [6, 6.07) is 0. The second kappa shape index (κ2) is 31.8. The van der Waals surface area contributed by atoms with E-state index >= 15 is 0 Å². The fraction of sp³-hybridized carbons (Fsp3) is 0. The van der Waals surface area contributed by atoms with Gasteiger partial charge < -0.3 is 0 Å². The Bertz CT molecular complexity index is 6.00. The van der Waals surface area contributed by atoms with Gasteiger partial charge in [-0.3, -0.25) is 4.70 Å². The molecule has 0 aliphatic carbocycles. The number of rotatable bonds is 0. The van der Waals surface area contributed by atoms with Crippen LogP contribution in [0.5, 0.6) is 0 Å². The molecule has 0 unspecified atom stereocenters. The van der Waals surface area contributed by atoms with E-state index in [9.17, 15) is 0 Å². The van der Waals surface area contributed by atoms with Crippen molar-refractivity contribution in [3.8, 4) is 0 Å². The molecule has 0 heterocycles. The molecule has 0 nitrogen and oxygen atoms in total. The molecular formula is CHFLi2. The van der Waals surface area contributed by atoms with Gasteiger partial charge in [0, 0.05) is 45.1 Å². The summed E-state index contributed by atoms with van der Waals surface area (Å²) in [7, 11) is 0. The summed E-state index contributed by atoms with van der Waals surface area (Å²) in [5.74, 6) is 0. The SMILES string of the molecule is F.[C].[Li].[Li]. The number of hydrogen-bond acceptors (Lipinski definition) is 0. The molecule has 6 radical (unpaired) electrons. The van der Waals surface area contributed by atoms with Crippen LogP contribution in [0.3, 0.4) is 0 Å². The molecule has 0 aromatic rings. The molecular weight excluding hydrogens is 44.9 g/mol. The maximum absolute atomic E-state index is 0. The fourth-order valence-corrected chi connectivity index (χ4v) is 0.